The summed E-state index contributed by atoms with van der Waals surface area (Å²) in [7, 11) is 6.64. The molecule has 1 amide bonds. The van der Waals surface area contributed by atoms with Gasteiger partial charge in [0.1, 0.15) is 0 Å². The van der Waals surface area contributed by atoms with Crippen LogP contribution in [-0.2, 0) is 4.79 Å². The van der Waals surface area contributed by atoms with Crippen LogP contribution in [0.5, 0.6) is 0 Å². The Hall–Kier alpha value is 0.460. The number of hydrogen-bond acceptors (Lipinski definition) is 1. The van der Waals surface area contributed by atoms with Crippen molar-refractivity contribution in [3.63, 3.8) is 0 Å². The van der Waals surface area contributed by atoms with Gasteiger partial charge in [-0.05, 0) is 13.3 Å². The van der Waals surface area contributed by atoms with Crippen LogP contribution in [0, 0.1) is 0 Å². The zero-order valence-electron chi connectivity index (χ0n) is 9.96. The van der Waals surface area contributed by atoms with E-state index in [2.05, 4.69) is 34.6 Å². The van der Waals surface area contributed by atoms with Gasteiger partial charge in [-0.25, -0.2) is 0 Å². The average molecular weight is 248 g/mol. The van der Waals surface area contributed by atoms with Crippen molar-refractivity contribution in [2.45, 2.75) is 20.3 Å². The fourth-order valence-corrected chi connectivity index (χ4v) is 0.671. The summed E-state index contributed by atoms with van der Waals surface area (Å²) in [5, 5.41) is 0. The summed E-state index contributed by atoms with van der Waals surface area (Å²) >= 11 is 0. The van der Waals surface area contributed by atoms with Crippen molar-refractivity contribution in [1.82, 2.24) is 0 Å². The van der Waals surface area contributed by atoms with E-state index in [1.807, 2.05) is 0 Å². The van der Waals surface area contributed by atoms with Crippen molar-refractivity contribution < 1.29 is 9.28 Å². The SMILES string of the molecule is C=C(C)C(N)=O.CCC[N+](C)(C)C.Cl.[NaH]. The summed E-state index contributed by atoms with van der Waals surface area (Å²) in [5.41, 5.74) is 5.09. The number of rotatable bonds is 3. The Kier molecular flexibility index (Phi) is 20.6. The molecule has 0 saturated heterocycles. The number of carbonyl (C=O) groups is 1. The van der Waals surface area contributed by atoms with Gasteiger partial charge in [0.05, 0.1) is 27.7 Å². The van der Waals surface area contributed by atoms with E-state index in [-0.39, 0.29) is 42.0 Å². The van der Waals surface area contributed by atoms with Crippen LogP contribution in [0.3, 0.4) is 0 Å². The number of nitrogens with zero attached hydrogens (tertiary/aromatic N) is 1. The van der Waals surface area contributed by atoms with E-state index < -0.39 is 5.91 Å². The van der Waals surface area contributed by atoms with Crippen LogP contribution in [0.2, 0.25) is 0 Å². The maximum atomic E-state index is 9.82. The molecule has 0 bridgehead atoms. The van der Waals surface area contributed by atoms with Crippen LogP contribution >= 0.6 is 12.4 Å². The predicted molar refractivity (Wildman–Crippen MR) is 71.6 cm³/mol. The molecule has 0 atom stereocenters. The number of quaternary nitrogens is 1. The summed E-state index contributed by atoms with van der Waals surface area (Å²) in [5.74, 6) is -0.435. The molecule has 0 spiro atoms. The number of carbonyl (C=O) groups excluding carboxylic acids is 1. The van der Waals surface area contributed by atoms with Crippen LogP contribution in [0.25, 0.3) is 0 Å². The second kappa shape index (κ2) is 12.5. The Labute approximate surface area is 122 Å². The molecule has 0 fully saturated rings. The number of amides is 1. The van der Waals surface area contributed by atoms with Crippen LogP contribution < -0.4 is 5.73 Å². The summed E-state index contributed by atoms with van der Waals surface area (Å²) in [6.45, 7) is 8.34. The van der Waals surface area contributed by atoms with Gasteiger partial charge in [-0.1, -0.05) is 13.5 Å². The summed E-state index contributed by atoms with van der Waals surface area (Å²) in [6.07, 6.45) is 1.28. The maximum absolute atomic E-state index is 9.82. The molecule has 0 aromatic heterocycles. The standard InChI is InChI=1S/C6H16N.C4H7NO.ClH.Na.H/c1-5-6-7(2,3)4;1-3(2)4(5)6;;;/h5-6H2,1-4H3;1H2,2H3,(H2,5,6);1H;;/q+1;;;;. The molecule has 88 valence electrons. The molecule has 0 unspecified atom stereocenters. The van der Waals surface area contributed by atoms with Crippen molar-refractivity contribution >= 4 is 47.9 Å². The second-order valence-electron chi connectivity index (χ2n) is 4.16. The van der Waals surface area contributed by atoms with Gasteiger partial charge in [-0.3, -0.25) is 4.79 Å². The van der Waals surface area contributed by atoms with Gasteiger partial charge >= 0.3 is 29.6 Å². The Balaban J connectivity index is -0.0000000718. The van der Waals surface area contributed by atoms with E-state index in [1.54, 1.807) is 6.92 Å². The van der Waals surface area contributed by atoms with Gasteiger partial charge in [0.25, 0.3) is 0 Å². The third-order valence-corrected chi connectivity index (χ3v) is 1.32. The second-order valence-corrected chi connectivity index (χ2v) is 4.16. The monoisotopic (exact) mass is 247 g/mol. The van der Waals surface area contributed by atoms with Crippen molar-refractivity contribution in [3.05, 3.63) is 12.2 Å². The van der Waals surface area contributed by atoms with E-state index >= 15 is 0 Å². The van der Waals surface area contributed by atoms with Crippen molar-refractivity contribution in [3.8, 4) is 0 Å². The average Bonchev–Trinajstić information content (AvgIpc) is 1.85. The minimum atomic E-state index is -0.435. The van der Waals surface area contributed by atoms with Crippen LogP contribution in [0.4, 0.5) is 0 Å². The van der Waals surface area contributed by atoms with E-state index in [4.69, 9.17) is 5.73 Å². The van der Waals surface area contributed by atoms with Crippen molar-refractivity contribution in [2.75, 3.05) is 27.7 Å². The molecule has 0 heterocycles. The Morgan fingerprint density at radius 2 is 1.60 bits per heavy atom. The molecule has 2 N–H and O–H groups in total. The zero-order valence-corrected chi connectivity index (χ0v) is 10.8. The van der Waals surface area contributed by atoms with Gasteiger partial charge in [0, 0.05) is 5.57 Å². The Morgan fingerprint density at radius 1 is 1.33 bits per heavy atom. The topological polar surface area (TPSA) is 43.1 Å². The molecule has 0 aliphatic rings. The van der Waals surface area contributed by atoms with Crippen molar-refractivity contribution in [1.29, 1.82) is 0 Å². The number of hydrogen-bond donors (Lipinski definition) is 1. The van der Waals surface area contributed by atoms with Gasteiger partial charge in [-0.2, -0.15) is 0 Å². The van der Waals surface area contributed by atoms with Gasteiger partial charge in [0.2, 0.25) is 5.91 Å². The molecular weight excluding hydrogens is 223 g/mol. The van der Waals surface area contributed by atoms with E-state index in [0.29, 0.717) is 5.57 Å². The quantitative estimate of drug-likeness (QED) is 0.450. The summed E-state index contributed by atoms with van der Waals surface area (Å²) in [6, 6.07) is 0. The molecule has 0 aliphatic heterocycles. The first kappa shape index (κ1) is 24.6. The molecule has 15 heavy (non-hydrogen) atoms. The van der Waals surface area contributed by atoms with E-state index in [1.165, 1.54) is 13.0 Å². The van der Waals surface area contributed by atoms with Crippen LogP contribution in [0.1, 0.15) is 20.3 Å². The molecule has 3 nitrogen and oxygen atoms in total. The fraction of sp³-hybridized carbons (Fsp3) is 0.700. The molecule has 0 aromatic rings. The first-order chi connectivity index (χ1) is 5.70. The van der Waals surface area contributed by atoms with Gasteiger partial charge < -0.3 is 10.2 Å². The number of primary amides is 1. The predicted octanol–water partition coefficient (Wildman–Crippen LogP) is 0.924. The normalized spacial score (nSPS) is 8.60. The molecular formula is C10H25ClN2NaO+. The van der Waals surface area contributed by atoms with Gasteiger partial charge in [0.15, 0.2) is 0 Å². The minimum absolute atomic E-state index is 0. The van der Waals surface area contributed by atoms with E-state index in [0.717, 1.165) is 4.48 Å². The first-order valence-corrected chi connectivity index (χ1v) is 4.46. The van der Waals surface area contributed by atoms with E-state index in [9.17, 15) is 4.79 Å². The molecule has 0 rings (SSSR count). The molecule has 5 heteroatoms. The molecule has 0 saturated carbocycles. The Bertz CT molecular complexity index is 167. The van der Waals surface area contributed by atoms with Crippen molar-refractivity contribution in [2.24, 2.45) is 5.73 Å². The Morgan fingerprint density at radius 3 is 1.60 bits per heavy atom. The summed E-state index contributed by atoms with van der Waals surface area (Å²) < 4.78 is 1.09. The molecule has 0 aliphatic carbocycles. The zero-order chi connectivity index (χ0) is 11.1. The fourth-order valence-electron chi connectivity index (χ4n) is 0.671. The number of halogens is 1. The van der Waals surface area contributed by atoms with Crippen LogP contribution in [-0.4, -0.2) is 67.6 Å². The number of nitrogens with two attached hydrogens (primary N) is 1. The summed E-state index contributed by atoms with van der Waals surface area (Å²) in [4.78, 5) is 9.82. The van der Waals surface area contributed by atoms with Gasteiger partial charge in [-0.15, -0.1) is 12.4 Å². The van der Waals surface area contributed by atoms with Crippen LogP contribution in [0.15, 0.2) is 12.2 Å². The third kappa shape index (κ3) is 31.4. The third-order valence-electron chi connectivity index (χ3n) is 1.32. The molecule has 0 radical (unpaired) electrons. The first-order valence-electron chi connectivity index (χ1n) is 4.46. The molecule has 0 aromatic carbocycles.